The highest BCUT2D eigenvalue weighted by Gasteiger charge is 2.41. The van der Waals surface area contributed by atoms with Crippen molar-refractivity contribution in [2.45, 2.75) is 37.9 Å². The molecule has 0 aromatic carbocycles. The third-order valence-corrected chi connectivity index (χ3v) is 1.56. The Hall–Kier alpha value is -0.450. The number of alkyl halides is 4. The van der Waals surface area contributed by atoms with Gasteiger partial charge in [0, 0.05) is 0 Å². The maximum absolute atomic E-state index is 11.6. The lowest BCUT2D eigenvalue weighted by molar-refractivity contribution is -0.201. The number of carbonyl (C=O) groups excluding carboxylic acids is 1. The van der Waals surface area contributed by atoms with Gasteiger partial charge in [0.05, 0.1) is 0 Å². The molecule has 1 unspecified atom stereocenters. The van der Waals surface area contributed by atoms with Crippen molar-refractivity contribution in [3.05, 3.63) is 0 Å². The zero-order valence-electron chi connectivity index (χ0n) is 7.03. The Morgan fingerprint density at radius 1 is 1.54 bits per heavy atom. The number of unbranched alkanes of at least 4 members (excludes halogenated alkanes) is 1. The van der Waals surface area contributed by atoms with Crippen molar-refractivity contribution in [2.75, 3.05) is 0 Å². The Morgan fingerprint density at radius 2 is 2.08 bits per heavy atom. The third kappa shape index (κ3) is 5.74. The molecule has 0 N–H and O–H groups in total. The van der Waals surface area contributed by atoms with Gasteiger partial charge in [0.1, 0.15) is 0 Å². The lowest BCUT2D eigenvalue weighted by Gasteiger charge is -2.11. The highest BCUT2D eigenvalue weighted by molar-refractivity contribution is 6.20. The standard InChI is InChI=1S/C7H10ClF3O2/c1-2-3-4-5(8)13-6(12)7(9,10)11/h5H,2-4H2,1H3. The Morgan fingerprint density at radius 3 is 2.46 bits per heavy atom. The summed E-state index contributed by atoms with van der Waals surface area (Å²) in [5.41, 5.74) is -1.19. The second-order valence-electron chi connectivity index (χ2n) is 2.46. The van der Waals surface area contributed by atoms with Gasteiger partial charge in [0.2, 0.25) is 0 Å². The van der Waals surface area contributed by atoms with E-state index in [2.05, 4.69) is 4.74 Å². The summed E-state index contributed by atoms with van der Waals surface area (Å²) in [6.45, 7) is 1.86. The number of rotatable bonds is 4. The van der Waals surface area contributed by atoms with E-state index in [9.17, 15) is 18.0 Å². The predicted molar refractivity (Wildman–Crippen MR) is 41.3 cm³/mol. The van der Waals surface area contributed by atoms with Crippen LogP contribution in [-0.2, 0) is 9.53 Å². The molecule has 0 fully saturated rings. The van der Waals surface area contributed by atoms with E-state index in [0.29, 0.717) is 6.42 Å². The molecule has 0 saturated carbocycles. The van der Waals surface area contributed by atoms with Crippen LogP contribution in [0.2, 0.25) is 0 Å². The lowest BCUT2D eigenvalue weighted by Crippen LogP contribution is -2.28. The molecule has 0 aliphatic heterocycles. The molecule has 0 heterocycles. The van der Waals surface area contributed by atoms with Crippen LogP contribution in [0, 0.1) is 0 Å². The van der Waals surface area contributed by atoms with E-state index in [1.54, 1.807) is 0 Å². The van der Waals surface area contributed by atoms with E-state index in [-0.39, 0.29) is 6.42 Å². The predicted octanol–water partition coefficient (Wildman–Crippen LogP) is 2.85. The summed E-state index contributed by atoms with van der Waals surface area (Å²) in [7, 11) is 0. The van der Waals surface area contributed by atoms with E-state index in [1.165, 1.54) is 0 Å². The van der Waals surface area contributed by atoms with E-state index in [0.717, 1.165) is 6.42 Å². The quantitative estimate of drug-likeness (QED) is 0.536. The summed E-state index contributed by atoms with van der Waals surface area (Å²) in [6.07, 6.45) is -3.31. The van der Waals surface area contributed by atoms with Gasteiger partial charge in [-0.3, -0.25) is 0 Å². The first kappa shape index (κ1) is 12.6. The molecular weight excluding hydrogens is 209 g/mol. The highest BCUT2D eigenvalue weighted by atomic mass is 35.5. The molecule has 0 rings (SSSR count). The van der Waals surface area contributed by atoms with Gasteiger partial charge in [-0.05, 0) is 12.8 Å². The van der Waals surface area contributed by atoms with Crippen LogP contribution in [0.15, 0.2) is 0 Å². The van der Waals surface area contributed by atoms with Gasteiger partial charge < -0.3 is 4.74 Å². The summed E-state index contributed by atoms with van der Waals surface area (Å²) in [6, 6.07) is 0. The maximum Gasteiger partial charge on any atom is 0.490 e. The minimum Gasteiger partial charge on any atom is -0.439 e. The van der Waals surface area contributed by atoms with Crippen molar-refractivity contribution in [1.82, 2.24) is 0 Å². The lowest BCUT2D eigenvalue weighted by atomic mass is 10.3. The maximum atomic E-state index is 11.6. The van der Waals surface area contributed by atoms with Crippen LogP contribution < -0.4 is 0 Å². The minimum absolute atomic E-state index is 0.236. The van der Waals surface area contributed by atoms with Crippen molar-refractivity contribution < 1.29 is 22.7 Å². The smallest absolute Gasteiger partial charge is 0.439 e. The molecule has 1 atom stereocenters. The van der Waals surface area contributed by atoms with E-state index in [4.69, 9.17) is 11.6 Å². The van der Waals surface area contributed by atoms with Crippen LogP contribution >= 0.6 is 11.6 Å². The van der Waals surface area contributed by atoms with Gasteiger partial charge in [-0.1, -0.05) is 24.9 Å². The van der Waals surface area contributed by atoms with Crippen LogP contribution in [0.1, 0.15) is 26.2 Å². The zero-order valence-corrected chi connectivity index (χ0v) is 7.78. The van der Waals surface area contributed by atoms with Crippen molar-refractivity contribution >= 4 is 17.6 Å². The molecule has 0 aromatic heterocycles. The monoisotopic (exact) mass is 218 g/mol. The Labute approximate surface area is 79.0 Å². The molecule has 0 radical (unpaired) electrons. The summed E-state index contributed by atoms with van der Waals surface area (Å²) < 4.78 is 38.7. The Kier molecular flexibility index (Phi) is 5.13. The fourth-order valence-corrected chi connectivity index (χ4v) is 0.842. The van der Waals surface area contributed by atoms with Crippen LogP contribution in [0.3, 0.4) is 0 Å². The van der Waals surface area contributed by atoms with Crippen LogP contribution in [0.4, 0.5) is 13.2 Å². The Bertz CT molecular complexity index is 170. The number of ether oxygens (including phenoxy) is 1. The van der Waals surface area contributed by atoms with E-state index < -0.39 is 17.7 Å². The molecule has 0 spiro atoms. The van der Waals surface area contributed by atoms with Crippen molar-refractivity contribution in [3.63, 3.8) is 0 Å². The average Bonchev–Trinajstić information content (AvgIpc) is 1.99. The highest BCUT2D eigenvalue weighted by Crippen LogP contribution is 2.20. The molecule has 0 aromatic rings. The molecule has 13 heavy (non-hydrogen) atoms. The number of halogens is 4. The van der Waals surface area contributed by atoms with Crippen LogP contribution in [0.5, 0.6) is 0 Å². The van der Waals surface area contributed by atoms with Gasteiger partial charge in [-0.15, -0.1) is 0 Å². The fourth-order valence-electron chi connectivity index (χ4n) is 0.606. The van der Waals surface area contributed by atoms with Gasteiger partial charge in [-0.2, -0.15) is 13.2 Å². The zero-order chi connectivity index (χ0) is 10.5. The second kappa shape index (κ2) is 5.32. The SMILES string of the molecule is CCCCC(Cl)OC(=O)C(F)(F)F. The largest absolute Gasteiger partial charge is 0.490 e. The minimum atomic E-state index is -4.96. The summed E-state index contributed by atoms with van der Waals surface area (Å²) in [4.78, 5) is 10.2. The van der Waals surface area contributed by atoms with Crippen LogP contribution in [-0.4, -0.2) is 17.7 Å². The second-order valence-corrected chi connectivity index (χ2v) is 2.94. The molecule has 0 aliphatic rings. The molecule has 2 nitrogen and oxygen atoms in total. The number of carbonyl (C=O) groups is 1. The van der Waals surface area contributed by atoms with Crippen molar-refractivity contribution in [2.24, 2.45) is 0 Å². The molecule has 0 aliphatic carbocycles. The average molecular weight is 219 g/mol. The fraction of sp³-hybridized carbons (Fsp3) is 0.857. The van der Waals surface area contributed by atoms with Crippen molar-refractivity contribution in [3.8, 4) is 0 Å². The number of esters is 1. The van der Waals surface area contributed by atoms with Crippen LogP contribution in [0.25, 0.3) is 0 Å². The van der Waals surface area contributed by atoms with Gasteiger partial charge in [0.25, 0.3) is 0 Å². The first-order valence-corrected chi connectivity index (χ1v) is 4.23. The molecule has 0 saturated heterocycles. The summed E-state index contributed by atoms with van der Waals surface area (Å²) in [5.74, 6) is -2.23. The summed E-state index contributed by atoms with van der Waals surface area (Å²) in [5, 5.41) is 0. The number of hydrogen-bond acceptors (Lipinski definition) is 2. The molecular formula is C7H10ClF3O2. The van der Waals surface area contributed by atoms with E-state index >= 15 is 0 Å². The first-order chi connectivity index (χ1) is 5.88. The third-order valence-electron chi connectivity index (χ3n) is 1.25. The molecule has 6 heteroatoms. The molecule has 78 valence electrons. The van der Waals surface area contributed by atoms with Gasteiger partial charge in [0.15, 0.2) is 5.56 Å². The molecule has 0 bridgehead atoms. The summed E-state index contributed by atoms with van der Waals surface area (Å²) >= 11 is 5.32. The van der Waals surface area contributed by atoms with Gasteiger partial charge >= 0.3 is 12.1 Å². The molecule has 0 amide bonds. The Balaban J connectivity index is 3.79. The van der Waals surface area contributed by atoms with Crippen molar-refractivity contribution in [1.29, 1.82) is 0 Å². The number of hydrogen-bond donors (Lipinski definition) is 0. The normalized spacial score (nSPS) is 13.9. The van der Waals surface area contributed by atoms with E-state index in [1.807, 2.05) is 6.92 Å². The van der Waals surface area contributed by atoms with Gasteiger partial charge in [-0.25, -0.2) is 4.79 Å². The first-order valence-electron chi connectivity index (χ1n) is 3.79. The topological polar surface area (TPSA) is 26.3 Å².